The summed E-state index contributed by atoms with van der Waals surface area (Å²) in [6.07, 6.45) is 5.18. The Morgan fingerprint density at radius 3 is 1.96 bits per heavy atom. The van der Waals surface area contributed by atoms with Gasteiger partial charge >= 0.3 is 0 Å². The quantitative estimate of drug-likeness (QED) is 0.0266. The van der Waals surface area contributed by atoms with Gasteiger partial charge in [0.25, 0.3) is 20.2 Å². The van der Waals surface area contributed by atoms with Crippen molar-refractivity contribution in [1.82, 2.24) is 5.43 Å². The Morgan fingerprint density at radius 1 is 0.774 bits per heavy atom. The van der Waals surface area contributed by atoms with Gasteiger partial charge in [-0.3, -0.25) is 34.3 Å². The van der Waals surface area contributed by atoms with Crippen molar-refractivity contribution < 1.29 is 30.7 Å². The third-order valence-electron chi connectivity index (χ3n) is 8.61. The average molecular weight is 764 g/mol. The largest absolute Gasteiger partial charge is 0.375 e. The normalized spacial score (nSPS) is 12.3. The SMILES string of the molecule is CN(CCCCCCCC(=O)NN)c1ccc(NNc2ccc(N=c3cc(S(=O)(=O)O)c(=N)c4c(=O)c5ccccc5c(=O)c3=4)c(S(=O)(=O)O)c2)cc1. The summed E-state index contributed by atoms with van der Waals surface area (Å²) in [6, 6.07) is 17.4. The van der Waals surface area contributed by atoms with Crippen LogP contribution in [0.4, 0.5) is 22.7 Å². The van der Waals surface area contributed by atoms with Gasteiger partial charge in [-0.25, -0.2) is 10.8 Å². The monoisotopic (exact) mass is 763 g/mol. The number of rotatable bonds is 15. The summed E-state index contributed by atoms with van der Waals surface area (Å²) in [5.74, 6) is 4.93. The maximum Gasteiger partial charge on any atom is 0.296 e. The zero-order valence-electron chi connectivity index (χ0n) is 28.4. The van der Waals surface area contributed by atoms with Gasteiger partial charge in [0, 0.05) is 36.5 Å². The molecule has 0 aliphatic heterocycles. The number of unbranched alkanes of at least 4 members (excludes halogenated alkanes) is 4. The molecular formula is C35H37N7O9S2. The Bertz CT molecular complexity index is 2700. The lowest BCUT2D eigenvalue weighted by Gasteiger charge is -2.20. The van der Waals surface area contributed by atoms with Gasteiger partial charge in [0.2, 0.25) is 5.91 Å². The van der Waals surface area contributed by atoms with Crippen LogP contribution >= 0.6 is 0 Å². The van der Waals surface area contributed by atoms with E-state index in [0.717, 1.165) is 50.4 Å². The molecule has 8 N–H and O–H groups in total. The molecule has 0 heterocycles. The minimum atomic E-state index is -5.11. The Morgan fingerprint density at radius 2 is 1.34 bits per heavy atom. The van der Waals surface area contributed by atoms with E-state index < -0.39 is 67.7 Å². The molecule has 0 aromatic heterocycles. The highest BCUT2D eigenvalue weighted by atomic mass is 32.2. The molecule has 1 amide bonds. The number of nitrogens with zero attached hydrogens (tertiary/aromatic N) is 2. The smallest absolute Gasteiger partial charge is 0.296 e. The van der Waals surface area contributed by atoms with E-state index in [1.165, 1.54) is 36.4 Å². The molecule has 278 valence electrons. The number of carbonyl (C=O) groups excluding carboxylic acids is 1. The van der Waals surface area contributed by atoms with E-state index in [4.69, 9.17) is 11.3 Å². The summed E-state index contributed by atoms with van der Waals surface area (Å²) in [6.45, 7) is 0.828. The second kappa shape index (κ2) is 16.0. The van der Waals surface area contributed by atoms with Crippen LogP contribution in [0, 0.1) is 15.8 Å². The second-order valence-electron chi connectivity index (χ2n) is 12.3. The second-order valence-corrected chi connectivity index (χ2v) is 15.1. The minimum Gasteiger partial charge on any atom is -0.375 e. The number of fused-ring (bicyclic) bond motifs is 1. The number of hydrogen-bond acceptors (Lipinski definition) is 13. The third-order valence-corrected chi connectivity index (χ3v) is 10.4. The van der Waals surface area contributed by atoms with Crippen LogP contribution in [0.3, 0.4) is 0 Å². The lowest BCUT2D eigenvalue weighted by Crippen LogP contribution is -2.32. The zero-order chi connectivity index (χ0) is 38.5. The summed E-state index contributed by atoms with van der Waals surface area (Å²) in [5.41, 5.74) is 7.61. The summed E-state index contributed by atoms with van der Waals surface area (Å²) in [7, 11) is -8.11. The molecule has 0 saturated carbocycles. The molecule has 3 aromatic carbocycles. The summed E-state index contributed by atoms with van der Waals surface area (Å²) < 4.78 is 69.5. The van der Waals surface area contributed by atoms with Gasteiger partial charge in [-0.2, -0.15) is 16.8 Å². The molecule has 0 bridgehead atoms. The minimum absolute atomic E-state index is 0.0418. The molecule has 0 unspecified atom stereocenters. The van der Waals surface area contributed by atoms with E-state index in [0.29, 0.717) is 18.2 Å². The van der Waals surface area contributed by atoms with Crippen molar-refractivity contribution in [2.45, 2.75) is 48.3 Å². The van der Waals surface area contributed by atoms with Crippen LogP contribution in [-0.4, -0.2) is 45.4 Å². The molecule has 0 radical (unpaired) electrons. The van der Waals surface area contributed by atoms with E-state index in [9.17, 15) is 40.3 Å². The van der Waals surface area contributed by atoms with Gasteiger partial charge < -0.3 is 15.8 Å². The first-order valence-electron chi connectivity index (χ1n) is 16.3. The zero-order valence-corrected chi connectivity index (χ0v) is 30.1. The molecule has 53 heavy (non-hydrogen) atoms. The van der Waals surface area contributed by atoms with Crippen molar-refractivity contribution >= 4 is 59.7 Å². The Kier molecular flexibility index (Phi) is 11.7. The summed E-state index contributed by atoms with van der Waals surface area (Å²) in [5, 5.41) is 5.73. The maximum atomic E-state index is 13.6. The lowest BCUT2D eigenvalue weighted by molar-refractivity contribution is -0.121. The van der Waals surface area contributed by atoms with Crippen LogP contribution in [-0.2, 0) is 25.0 Å². The molecule has 0 atom stereocenters. The van der Waals surface area contributed by atoms with Crippen LogP contribution in [0.25, 0.3) is 10.8 Å². The van der Waals surface area contributed by atoms with E-state index in [1.807, 2.05) is 19.2 Å². The van der Waals surface area contributed by atoms with E-state index in [1.54, 1.807) is 12.1 Å². The number of nitrogens with one attached hydrogen (secondary N) is 4. The first kappa shape index (κ1) is 38.7. The maximum absolute atomic E-state index is 13.6. The van der Waals surface area contributed by atoms with Gasteiger partial charge in [-0.05, 0) is 61.4 Å². The molecule has 2 aliphatic rings. The fourth-order valence-electron chi connectivity index (χ4n) is 5.87. The van der Waals surface area contributed by atoms with Crippen LogP contribution in [0.1, 0.15) is 38.5 Å². The highest BCUT2D eigenvalue weighted by Crippen LogP contribution is 2.28. The van der Waals surface area contributed by atoms with Crippen molar-refractivity contribution in [3.05, 3.63) is 114 Å². The van der Waals surface area contributed by atoms with Crippen molar-refractivity contribution in [1.29, 1.82) is 5.41 Å². The molecule has 18 heteroatoms. The van der Waals surface area contributed by atoms with Crippen LogP contribution in [0.2, 0.25) is 0 Å². The standard InChI is InChI=1S/C35H37N7O9S2/c1-42(18-8-4-2-3-5-11-30(43)39-37)23-15-12-21(13-16-23)40-41-22-14-17-26(28(19-22)52(46,47)48)38-27-20-29(53(49,50)51)33(36)32-31(27)34(44)24-9-6-7-10-25(24)35(32)45/h6-7,9-10,12-17,19-20,36,40-41H,2-5,8,11,18,37H2,1H3,(H,39,43)(H,46,47,48)(H,49,50,51). The number of benzene rings is 3. The first-order chi connectivity index (χ1) is 25.1. The summed E-state index contributed by atoms with van der Waals surface area (Å²) >= 11 is 0. The fourth-order valence-corrected chi connectivity index (χ4v) is 7.15. The lowest BCUT2D eigenvalue weighted by atomic mass is 10.0. The van der Waals surface area contributed by atoms with Crippen molar-refractivity contribution in [2.75, 3.05) is 29.3 Å². The van der Waals surface area contributed by atoms with Crippen LogP contribution in [0.5, 0.6) is 0 Å². The number of nitrogens with two attached hydrogens (primary N) is 1. The van der Waals surface area contributed by atoms with Crippen LogP contribution in [0.15, 0.2) is 97.2 Å². The predicted molar refractivity (Wildman–Crippen MR) is 198 cm³/mol. The van der Waals surface area contributed by atoms with Gasteiger partial charge in [-0.1, -0.05) is 43.5 Å². The van der Waals surface area contributed by atoms with Gasteiger partial charge in [0.1, 0.15) is 9.79 Å². The van der Waals surface area contributed by atoms with Gasteiger partial charge in [0.15, 0.2) is 10.9 Å². The molecular weight excluding hydrogens is 727 g/mol. The van der Waals surface area contributed by atoms with Crippen LogP contribution < -0.4 is 48.6 Å². The van der Waals surface area contributed by atoms with Crippen molar-refractivity contribution in [2.24, 2.45) is 10.8 Å². The molecule has 0 spiro atoms. The highest BCUT2D eigenvalue weighted by molar-refractivity contribution is 7.86. The van der Waals surface area contributed by atoms with E-state index in [2.05, 4.69) is 26.2 Å². The third kappa shape index (κ3) is 8.93. The van der Waals surface area contributed by atoms with E-state index >= 15 is 0 Å². The predicted octanol–water partition coefficient (Wildman–Crippen LogP) is 2.57. The molecule has 16 nitrogen and oxygen atoms in total. The average Bonchev–Trinajstić information content (AvgIpc) is 3.12. The number of amides is 1. The number of carbonyl (C=O) groups is 1. The Hall–Kier alpha value is -5.53. The number of hydrazine groups is 2. The topological polar surface area (TPSA) is 262 Å². The van der Waals surface area contributed by atoms with E-state index in [-0.39, 0.29) is 22.4 Å². The Balaban J connectivity index is 1.39. The number of anilines is 3. The van der Waals surface area contributed by atoms with Crippen molar-refractivity contribution in [3.63, 3.8) is 0 Å². The first-order valence-corrected chi connectivity index (χ1v) is 19.2. The summed E-state index contributed by atoms with van der Waals surface area (Å²) in [4.78, 5) is 42.8. The molecule has 5 rings (SSSR count). The van der Waals surface area contributed by atoms with Gasteiger partial charge in [0.05, 0.1) is 38.2 Å². The number of hydrogen-bond donors (Lipinski definition) is 7. The Labute approximate surface area is 303 Å². The molecule has 0 fully saturated rings. The molecule has 2 aliphatic carbocycles. The molecule has 0 saturated heterocycles. The van der Waals surface area contributed by atoms with Crippen molar-refractivity contribution in [3.8, 4) is 0 Å². The fraction of sp³-hybridized carbons (Fsp3) is 0.229. The van der Waals surface area contributed by atoms with Gasteiger partial charge in [-0.15, -0.1) is 0 Å². The molecule has 3 aromatic rings. The highest BCUT2D eigenvalue weighted by Gasteiger charge is 2.21.